The fraction of sp³-hybridized carbons (Fsp3) is 0.882. The van der Waals surface area contributed by atoms with Crippen LogP contribution in [0.25, 0.3) is 0 Å². The molecule has 0 rings (SSSR count). The maximum Gasteiger partial charge on any atom is 0.306 e. The second-order valence-electron chi connectivity index (χ2n) is 5.50. The predicted octanol–water partition coefficient (Wildman–Crippen LogP) is 5.11. The fourth-order valence-electron chi connectivity index (χ4n) is 2.01. The first-order valence-electron chi connectivity index (χ1n) is 8.44. The molecule has 4 nitrogen and oxygen atoms in total. The second-order valence-corrected chi connectivity index (χ2v) is 5.50. The number of carboxylic acids is 2. The van der Waals surface area contributed by atoms with Gasteiger partial charge in [0.05, 0.1) is 5.92 Å². The largest absolute Gasteiger partial charge is 0.481 e. The van der Waals surface area contributed by atoms with Gasteiger partial charge in [-0.3, -0.25) is 9.59 Å². The third-order valence-corrected chi connectivity index (χ3v) is 3.49. The van der Waals surface area contributed by atoms with E-state index < -0.39 is 11.9 Å². The molecule has 0 saturated heterocycles. The van der Waals surface area contributed by atoms with Crippen molar-refractivity contribution in [2.24, 2.45) is 5.92 Å². The molecule has 2 N–H and O–H groups in total. The van der Waals surface area contributed by atoms with Crippen LogP contribution in [0.4, 0.5) is 0 Å². The first-order chi connectivity index (χ1) is 9.99. The summed E-state index contributed by atoms with van der Waals surface area (Å²) in [5, 5.41) is 16.9. The van der Waals surface area contributed by atoms with Crippen LogP contribution >= 0.6 is 0 Å². The number of hydrogen-bond donors (Lipinski definition) is 2. The first kappa shape index (κ1) is 26.5. The van der Waals surface area contributed by atoms with Crippen molar-refractivity contribution in [1.29, 1.82) is 0 Å². The Morgan fingerprint density at radius 1 is 0.818 bits per heavy atom. The van der Waals surface area contributed by atoms with Gasteiger partial charge in [-0.15, -0.1) is 0 Å². The third-order valence-electron chi connectivity index (χ3n) is 3.49. The summed E-state index contributed by atoms with van der Waals surface area (Å²) in [6, 6.07) is 0. The number of hydrogen-bond acceptors (Lipinski definition) is 2. The van der Waals surface area contributed by atoms with E-state index in [1.54, 1.807) is 0 Å². The van der Waals surface area contributed by atoms with Crippen molar-refractivity contribution in [2.75, 3.05) is 0 Å². The van der Waals surface area contributed by atoms with Gasteiger partial charge in [0.15, 0.2) is 0 Å². The Kier molecular flexibility index (Phi) is 24.7. The van der Waals surface area contributed by atoms with Gasteiger partial charge in [-0.25, -0.2) is 0 Å². The molecule has 0 saturated carbocycles. The summed E-state index contributed by atoms with van der Waals surface area (Å²) in [5.74, 6) is -1.42. The zero-order valence-corrected chi connectivity index (χ0v) is 17.7. The molecule has 0 aromatic carbocycles. The third kappa shape index (κ3) is 21.9. The van der Waals surface area contributed by atoms with Crippen LogP contribution in [0.3, 0.4) is 0 Å². The van der Waals surface area contributed by atoms with E-state index in [1.165, 1.54) is 25.7 Å². The Labute approximate surface area is 148 Å². The molecule has 0 fully saturated rings. The van der Waals surface area contributed by atoms with Gasteiger partial charge >= 0.3 is 11.9 Å². The van der Waals surface area contributed by atoms with Gasteiger partial charge in [-0.1, -0.05) is 65.7 Å². The van der Waals surface area contributed by atoms with Crippen LogP contribution in [0, 0.1) is 5.92 Å². The van der Waals surface area contributed by atoms with Gasteiger partial charge in [0.2, 0.25) is 0 Å². The molecule has 128 valence electrons. The van der Waals surface area contributed by atoms with Gasteiger partial charge < -0.3 is 10.2 Å². The summed E-state index contributed by atoms with van der Waals surface area (Å²) in [4.78, 5) is 20.5. The first-order valence-corrected chi connectivity index (χ1v) is 8.44. The normalized spacial score (nSPS) is 10.9. The van der Waals surface area contributed by atoms with E-state index in [4.69, 9.17) is 10.2 Å². The molecule has 0 amide bonds. The van der Waals surface area contributed by atoms with Crippen molar-refractivity contribution in [3.63, 3.8) is 0 Å². The van der Waals surface area contributed by atoms with Crippen LogP contribution in [0.2, 0.25) is 0 Å². The van der Waals surface area contributed by atoms with E-state index in [1.807, 2.05) is 6.92 Å². The number of unbranched alkanes of at least 4 members (excludes halogenated alkanes) is 6. The van der Waals surface area contributed by atoms with Crippen LogP contribution in [0.15, 0.2) is 0 Å². The molecule has 1 atom stereocenters. The number of rotatable bonds is 12. The zero-order valence-electron chi connectivity index (χ0n) is 14.8. The minimum atomic E-state index is -0.666. The molecule has 1 unspecified atom stereocenters. The number of carbonyl (C=O) groups is 2. The molecule has 0 bridgehead atoms. The molecule has 0 heterocycles. The Bertz CT molecular complexity index is 257. The molecule has 0 aromatic rings. The summed E-state index contributed by atoms with van der Waals surface area (Å²) in [7, 11) is 0. The summed E-state index contributed by atoms with van der Waals surface area (Å²) in [6.45, 7) is 6.18. The van der Waals surface area contributed by atoms with Gasteiger partial charge in [0.1, 0.15) is 0 Å². The quantitative estimate of drug-likeness (QED) is 0.371. The fourth-order valence-corrected chi connectivity index (χ4v) is 2.01. The van der Waals surface area contributed by atoms with E-state index in [0.717, 1.165) is 38.5 Å². The Morgan fingerprint density at radius 2 is 1.32 bits per heavy atom. The summed E-state index contributed by atoms with van der Waals surface area (Å²) in [6.07, 6.45) is 11.0. The minimum absolute atomic E-state index is 0. The molecular formula is C17H34O4Zn. The SMILES string of the molecule is CCCCC(CC)C(=O)O.CCCCCCCCC(=O)O.[Zn]. The molecule has 0 aliphatic carbocycles. The van der Waals surface area contributed by atoms with Gasteiger partial charge in [0.25, 0.3) is 0 Å². The van der Waals surface area contributed by atoms with Gasteiger partial charge in [-0.05, 0) is 19.3 Å². The zero-order chi connectivity index (χ0) is 16.5. The van der Waals surface area contributed by atoms with Crippen LogP contribution in [0.5, 0.6) is 0 Å². The molecule has 0 spiro atoms. The standard InChI is InChI=1S/C9H18O2.C8H16O2.Zn/c1-2-3-4-5-6-7-8-9(10)11;1-3-5-6-7(4-2)8(9)10;/h2-8H2,1H3,(H,10,11);7H,3-6H2,1-2H3,(H,9,10);. The van der Waals surface area contributed by atoms with Crippen molar-refractivity contribution >= 4 is 11.9 Å². The van der Waals surface area contributed by atoms with Crippen molar-refractivity contribution in [1.82, 2.24) is 0 Å². The molecule has 0 radical (unpaired) electrons. The van der Waals surface area contributed by atoms with E-state index in [2.05, 4.69) is 13.8 Å². The predicted molar refractivity (Wildman–Crippen MR) is 86.6 cm³/mol. The maximum atomic E-state index is 10.4. The molecule has 0 aromatic heterocycles. The average molecular weight is 368 g/mol. The Balaban J connectivity index is -0.000000315. The Hall–Kier alpha value is -0.437. The van der Waals surface area contributed by atoms with Crippen LogP contribution < -0.4 is 0 Å². The molecule has 5 heteroatoms. The van der Waals surface area contributed by atoms with Crippen molar-refractivity contribution < 1.29 is 39.3 Å². The van der Waals surface area contributed by atoms with Crippen molar-refractivity contribution in [2.45, 2.75) is 91.4 Å². The second kappa shape index (κ2) is 20.6. The topological polar surface area (TPSA) is 74.6 Å². The monoisotopic (exact) mass is 366 g/mol. The smallest absolute Gasteiger partial charge is 0.306 e. The number of carboxylic acid groups (broad SMARTS) is 2. The van der Waals surface area contributed by atoms with Gasteiger partial charge in [-0.2, -0.15) is 0 Å². The average Bonchev–Trinajstić information content (AvgIpc) is 2.43. The Morgan fingerprint density at radius 3 is 1.73 bits per heavy atom. The maximum absolute atomic E-state index is 10.4. The van der Waals surface area contributed by atoms with Crippen LogP contribution in [-0.2, 0) is 29.1 Å². The summed E-state index contributed by atoms with van der Waals surface area (Å²) in [5.41, 5.74) is 0. The minimum Gasteiger partial charge on any atom is -0.481 e. The van der Waals surface area contributed by atoms with E-state index >= 15 is 0 Å². The molecule has 0 aliphatic heterocycles. The van der Waals surface area contributed by atoms with Crippen LogP contribution in [-0.4, -0.2) is 22.2 Å². The van der Waals surface area contributed by atoms with E-state index in [0.29, 0.717) is 6.42 Å². The molecule has 22 heavy (non-hydrogen) atoms. The number of aliphatic carboxylic acids is 2. The summed E-state index contributed by atoms with van der Waals surface area (Å²) >= 11 is 0. The molecule has 0 aliphatic rings. The van der Waals surface area contributed by atoms with E-state index in [9.17, 15) is 9.59 Å². The van der Waals surface area contributed by atoms with E-state index in [-0.39, 0.29) is 25.4 Å². The van der Waals surface area contributed by atoms with Crippen molar-refractivity contribution in [3.05, 3.63) is 0 Å². The van der Waals surface area contributed by atoms with Gasteiger partial charge in [0, 0.05) is 25.9 Å². The van der Waals surface area contributed by atoms with Crippen molar-refractivity contribution in [3.8, 4) is 0 Å². The van der Waals surface area contributed by atoms with Crippen LogP contribution in [0.1, 0.15) is 91.4 Å². The molecular weight excluding hydrogens is 334 g/mol. The summed E-state index contributed by atoms with van der Waals surface area (Å²) < 4.78 is 0.